The lowest BCUT2D eigenvalue weighted by molar-refractivity contribution is -0.125. The Kier molecular flexibility index (Phi) is 7.43. The Morgan fingerprint density at radius 1 is 1.18 bits per heavy atom. The van der Waals surface area contributed by atoms with E-state index < -0.39 is 0 Å². The number of rotatable bonds is 8. The van der Waals surface area contributed by atoms with E-state index >= 15 is 0 Å². The molecule has 0 spiro atoms. The lowest BCUT2D eigenvalue weighted by Crippen LogP contribution is -2.39. The molecule has 0 heterocycles. The van der Waals surface area contributed by atoms with Gasteiger partial charge in [-0.25, -0.2) is 0 Å². The molecule has 0 atom stereocenters. The molecule has 0 aliphatic heterocycles. The lowest BCUT2D eigenvalue weighted by atomic mass is 10.0. The molecule has 0 aliphatic carbocycles. The van der Waals surface area contributed by atoms with Gasteiger partial charge >= 0.3 is 0 Å². The largest absolute Gasteiger partial charge is 0.497 e. The average molecular weight is 306 g/mol. The molecule has 1 aromatic rings. The first-order chi connectivity index (χ1) is 10.5. The maximum atomic E-state index is 11.9. The van der Waals surface area contributed by atoms with Crippen molar-refractivity contribution >= 4 is 17.5 Å². The molecule has 0 unspecified atom stereocenters. The minimum absolute atomic E-state index is 0.0479. The van der Waals surface area contributed by atoms with Crippen molar-refractivity contribution in [3.8, 4) is 5.75 Å². The van der Waals surface area contributed by atoms with Gasteiger partial charge in [0.1, 0.15) is 5.75 Å². The van der Waals surface area contributed by atoms with E-state index in [0.29, 0.717) is 13.1 Å². The Balaban J connectivity index is 2.61. The second-order valence-corrected chi connectivity index (χ2v) is 5.17. The number of carbonyl (C=O) groups is 2. The molecule has 0 aliphatic rings. The van der Waals surface area contributed by atoms with Gasteiger partial charge in [0.2, 0.25) is 11.8 Å². The first-order valence-corrected chi connectivity index (χ1v) is 7.73. The summed E-state index contributed by atoms with van der Waals surface area (Å²) in [5.74, 6) is 0.797. The fraction of sp³-hybridized carbons (Fsp3) is 0.529. The van der Waals surface area contributed by atoms with Crippen LogP contribution in [0.25, 0.3) is 0 Å². The van der Waals surface area contributed by atoms with Crippen LogP contribution in [0.3, 0.4) is 0 Å². The Morgan fingerprint density at radius 3 is 2.23 bits per heavy atom. The number of benzene rings is 1. The molecule has 0 fully saturated rings. The van der Waals surface area contributed by atoms with Gasteiger partial charge in [0.05, 0.1) is 7.11 Å². The molecule has 0 aromatic heterocycles. The van der Waals surface area contributed by atoms with Crippen molar-refractivity contribution in [2.75, 3.05) is 25.1 Å². The van der Waals surface area contributed by atoms with Crippen LogP contribution < -0.4 is 15.0 Å². The van der Waals surface area contributed by atoms with Crippen LogP contribution in [-0.4, -0.2) is 32.0 Å². The van der Waals surface area contributed by atoms with Crippen LogP contribution in [0.2, 0.25) is 0 Å². The molecular formula is C17H26N2O3. The van der Waals surface area contributed by atoms with Gasteiger partial charge in [-0.3, -0.25) is 9.59 Å². The average Bonchev–Trinajstić information content (AvgIpc) is 2.52. The zero-order valence-electron chi connectivity index (χ0n) is 13.9. The maximum absolute atomic E-state index is 11.9. The molecule has 5 nitrogen and oxygen atoms in total. The van der Waals surface area contributed by atoms with Crippen molar-refractivity contribution < 1.29 is 14.3 Å². The highest BCUT2D eigenvalue weighted by Crippen LogP contribution is 2.19. The van der Waals surface area contributed by atoms with Gasteiger partial charge in [0.25, 0.3) is 0 Å². The van der Waals surface area contributed by atoms with E-state index in [4.69, 9.17) is 4.74 Å². The zero-order valence-corrected chi connectivity index (χ0v) is 13.9. The molecule has 1 aromatic carbocycles. The van der Waals surface area contributed by atoms with Crippen LogP contribution in [0.5, 0.6) is 5.75 Å². The normalized spacial score (nSPS) is 10.4. The first-order valence-electron chi connectivity index (χ1n) is 7.73. The van der Waals surface area contributed by atoms with Crippen LogP contribution in [0, 0.1) is 5.92 Å². The molecule has 1 rings (SSSR count). The van der Waals surface area contributed by atoms with Crippen molar-refractivity contribution in [2.24, 2.45) is 5.92 Å². The maximum Gasteiger partial charge on any atom is 0.223 e. The molecule has 0 saturated heterocycles. The second-order valence-electron chi connectivity index (χ2n) is 5.17. The molecule has 0 radical (unpaired) electrons. The number of nitrogens with one attached hydrogen (secondary N) is 1. The highest BCUT2D eigenvalue weighted by atomic mass is 16.5. The molecule has 1 N–H and O–H groups in total. The third-order valence-electron chi connectivity index (χ3n) is 3.76. The summed E-state index contributed by atoms with van der Waals surface area (Å²) < 4.78 is 5.11. The summed E-state index contributed by atoms with van der Waals surface area (Å²) in [6.07, 6.45) is 1.66. The first kappa shape index (κ1) is 18.0. The summed E-state index contributed by atoms with van der Waals surface area (Å²) in [6.45, 7) is 6.43. The minimum atomic E-state index is -0.0538. The van der Waals surface area contributed by atoms with E-state index in [0.717, 1.165) is 24.3 Å². The number of hydrogen-bond acceptors (Lipinski definition) is 3. The number of ether oxygens (including phenoxy) is 1. The van der Waals surface area contributed by atoms with Gasteiger partial charge in [0.15, 0.2) is 0 Å². The van der Waals surface area contributed by atoms with Crippen molar-refractivity contribution in [3.05, 3.63) is 24.3 Å². The second kappa shape index (κ2) is 9.07. The number of methoxy groups -OCH3 is 1. The third-order valence-corrected chi connectivity index (χ3v) is 3.76. The molecule has 122 valence electrons. The Labute approximate surface area is 132 Å². The molecule has 5 heteroatoms. The summed E-state index contributed by atoms with van der Waals surface area (Å²) in [5.41, 5.74) is 0.796. The van der Waals surface area contributed by atoms with E-state index in [-0.39, 0.29) is 17.7 Å². The summed E-state index contributed by atoms with van der Waals surface area (Å²) in [7, 11) is 1.60. The van der Waals surface area contributed by atoms with Crippen LogP contribution in [0.1, 0.15) is 33.6 Å². The zero-order chi connectivity index (χ0) is 16.5. The predicted molar refractivity (Wildman–Crippen MR) is 88.1 cm³/mol. The fourth-order valence-electron chi connectivity index (χ4n) is 2.33. The lowest BCUT2D eigenvalue weighted by Gasteiger charge is -2.22. The predicted octanol–water partition coefficient (Wildman–Crippen LogP) is 2.60. The SMILES string of the molecule is CCC(CC)C(=O)NCCN(C(C)=O)c1ccc(OC)cc1. The number of hydrogen-bond donors (Lipinski definition) is 1. The Bertz CT molecular complexity index is 481. The van der Waals surface area contributed by atoms with Gasteiger partial charge in [0, 0.05) is 31.6 Å². The quantitative estimate of drug-likeness (QED) is 0.803. The van der Waals surface area contributed by atoms with Crippen molar-refractivity contribution in [1.82, 2.24) is 5.32 Å². The van der Waals surface area contributed by atoms with Gasteiger partial charge < -0.3 is 15.0 Å². The molecule has 0 saturated carbocycles. The molecule has 22 heavy (non-hydrogen) atoms. The molecular weight excluding hydrogens is 280 g/mol. The Hall–Kier alpha value is -2.04. The summed E-state index contributed by atoms with van der Waals surface area (Å²) >= 11 is 0. The monoisotopic (exact) mass is 306 g/mol. The van der Waals surface area contributed by atoms with Gasteiger partial charge in [-0.05, 0) is 37.1 Å². The van der Waals surface area contributed by atoms with E-state index in [9.17, 15) is 9.59 Å². The summed E-state index contributed by atoms with van der Waals surface area (Å²) in [5, 5.41) is 2.90. The third kappa shape index (κ3) is 5.06. The van der Waals surface area contributed by atoms with E-state index in [1.165, 1.54) is 6.92 Å². The standard InChI is InChI=1S/C17H26N2O3/c1-5-14(6-2)17(21)18-11-12-19(13(3)20)15-7-9-16(22-4)10-8-15/h7-10,14H,5-6,11-12H2,1-4H3,(H,18,21). The summed E-state index contributed by atoms with van der Waals surface area (Å²) in [4.78, 5) is 25.4. The van der Waals surface area contributed by atoms with E-state index in [1.807, 2.05) is 38.1 Å². The van der Waals surface area contributed by atoms with Crippen LogP contribution in [0.15, 0.2) is 24.3 Å². The number of carbonyl (C=O) groups excluding carboxylic acids is 2. The molecule has 0 bridgehead atoms. The number of nitrogens with zero attached hydrogens (tertiary/aromatic N) is 1. The van der Waals surface area contributed by atoms with Crippen LogP contribution in [0.4, 0.5) is 5.69 Å². The van der Waals surface area contributed by atoms with Crippen molar-refractivity contribution in [3.63, 3.8) is 0 Å². The highest BCUT2D eigenvalue weighted by molar-refractivity contribution is 5.91. The highest BCUT2D eigenvalue weighted by Gasteiger charge is 2.15. The minimum Gasteiger partial charge on any atom is -0.497 e. The van der Waals surface area contributed by atoms with Gasteiger partial charge in [-0.1, -0.05) is 13.8 Å². The van der Waals surface area contributed by atoms with Gasteiger partial charge in [-0.2, -0.15) is 0 Å². The van der Waals surface area contributed by atoms with Crippen molar-refractivity contribution in [1.29, 1.82) is 0 Å². The van der Waals surface area contributed by atoms with Gasteiger partial charge in [-0.15, -0.1) is 0 Å². The van der Waals surface area contributed by atoms with Crippen LogP contribution >= 0.6 is 0 Å². The molecule has 2 amide bonds. The Morgan fingerprint density at radius 2 is 1.77 bits per heavy atom. The van der Waals surface area contributed by atoms with E-state index in [1.54, 1.807) is 12.0 Å². The van der Waals surface area contributed by atoms with E-state index in [2.05, 4.69) is 5.32 Å². The number of amides is 2. The summed E-state index contributed by atoms with van der Waals surface area (Å²) in [6, 6.07) is 7.30. The van der Waals surface area contributed by atoms with Crippen molar-refractivity contribution in [2.45, 2.75) is 33.6 Å². The fourth-order valence-corrected chi connectivity index (χ4v) is 2.33. The topological polar surface area (TPSA) is 58.6 Å². The smallest absolute Gasteiger partial charge is 0.223 e. The van der Waals surface area contributed by atoms with Crippen LogP contribution in [-0.2, 0) is 9.59 Å². The number of anilines is 1.